The summed E-state index contributed by atoms with van der Waals surface area (Å²) in [5, 5.41) is 10.9. The quantitative estimate of drug-likeness (QED) is 0.187. The van der Waals surface area contributed by atoms with Crippen molar-refractivity contribution < 1.29 is 38.0 Å². The van der Waals surface area contributed by atoms with Crippen LogP contribution in [0.2, 0.25) is 0 Å². The Morgan fingerprint density at radius 3 is 2.23 bits per heavy atom. The molecule has 258 valence electrons. The van der Waals surface area contributed by atoms with Crippen LogP contribution < -0.4 is 27.0 Å². The average molecular weight is 656 g/mol. The van der Waals surface area contributed by atoms with E-state index in [0.29, 0.717) is 11.8 Å². The van der Waals surface area contributed by atoms with Gasteiger partial charge in [-0.15, -0.1) is 0 Å². The third-order valence-corrected chi connectivity index (χ3v) is 10.4. The van der Waals surface area contributed by atoms with E-state index in [-0.39, 0.29) is 36.7 Å². The number of methoxy groups -OCH3 is 1. The van der Waals surface area contributed by atoms with Crippen LogP contribution in [0.5, 0.6) is 0 Å². The molecule has 1 aromatic rings. The third-order valence-electron chi connectivity index (χ3n) is 10.4. The molecular formula is C33H50BN5O8. The number of rotatable bonds is 14. The highest BCUT2D eigenvalue weighted by molar-refractivity contribution is 6.48. The standard InChI is InChI=1S/C33H50BN5O8/c1-18(2)27(39-31(44)45-7)30(43)37-22(15-20-11-9-8-10-12-20)29(42)36-19(3)28(41)38-25(13-14-26(35)40)34-46-24-17-21-16-23(32(21,4)5)33(24,6)47-34/h8-12,18-19,21-25,27H,13-17H2,1-7H3,(H2,35,40)(H,36,42)(H,37,43)(H,38,41)(H,39,44)/t19-,21?,22-,23?,24+,25?,27-,33-/m0/s1. The van der Waals surface area contributed by atoms with Crippen LogP contribution in [0.4, 0.5) is 4.79 Å². The van der Waals surface area contributed by atoms with Crippen molar-refractivity contribution in [3.63, 3.8) is 0 Å². The smallest absolute Gasteiger partial charge is 0.453 e. The second-order valence-corrected chi connectivity index (χ2v) is 14.3. The number of ether oxygens (including phenoxy) is 1. The van der Waals surface area contributed by atoms with E-state index in [1.54, 1.807) is 13.8 Å². The molecule has 0 spiro atoms. The summed E-state index contributed by atoms with van der Waals surface area (Å²) in [4.78, 5) is 64.0. The van der Waals surface area contributed by atoms with Crippen molar-refractivity contribution in [3.8, 4) is 0 Å². The highest BCUT2D eigenvalue weighted by Crippen LogP contribution is 2.65. The lowest BCUT2D eigenvalue weighted by atomic mass is 9.43. The first-order chi connectivity index (χ1) is 22.1. The fraction of sp³-hybridized carbons (Fsp3) is 0.667. The second kappa shape index (κ2) is 14.6. The summed E-state index contributed by atoms with van der Waals surface area (Å²) in [6, 6.07) is 6.07. The van der Waals surface area contributed by atoms with Crippen LogP contribution in [0.25, 0.3) is 0 Å². The van der Waals surface area contributed by atoms with E-state index in [1.165, 1.54) is 14.0 Å². The lowest BCUT2D eigenvalue weighted by molar-refractivity contribution is -0.199. The van der Waals surface area contributed by atoms with Crippen molar-refractivity contribution in [1.29, 1.82) is 0 Å². The Morgan fingerprint density at radius 1 is 0.957 bits per heavy atom. The molecule has 4 fully saturated rings. The van der Waals surface area contributed by atoms with Crippen molar-refractivity contribution in [3.05, 3.63) is 35.9 Å². The van der Waals surface area contributed by atoms with Gasteiger partial charge in [-0.1, -0.05) is 58.0 Å². The van der Waals surface area contributed by atoms with Crippen LogP contribution in [-0.4, -0.2) is 79.7 Å². The molecule has 1 aliphatic heterocycles. The number of hydrogen-bond donors (Lipinski definition) is 5. The van der Waals surface area contributed by atoms with E-state index in [4.69, 9.17) is 15.0 Å². The summed E-state index contributed by atoms with van der Waals surface area (Å²) in [6.45, 7) is 11.6. The fourth-order valence-electron chi connectivity index (χ4n) is 7.37. The number of nitrogens with two attached hydrogens (primary N) is 1. The van der Waals surface area contributed by atoms with Gasteiger partial charge in [0.25, 0.3) is 0 Å². The first-order valence-corrected chi connectivity index (χ1v) is 16.5. The summed E-state index contributed by atoms with van der Waals surface area (Å²) >= 11 is 0. The molecule has 8 atom stereocenters. The molecule has 5 amide bonds. The van der Waals surface area contributed by atoms with Gasteiger partial charge >= 0.3 is 13.2 Å². The number of carbonyl (C=O) groups is 5. The first kappa shape index (κ1) is 36.2. The van der Waals surface area contributed by atoms with Crippen LogP contribution >= 0.6 is 0 Å². The van der Waals surface area contributed by atoms with Crippen molar-refractivity contribution in [2.75, 3.05) is 7.11 Å². The minimum Gasteiger partial charge on any atom is -0.453 e. The van der Waals surface area contributed by atoms with Crippen molar-refractivity contribution in [2.45, 2.75) is 109 Å². The number of amides is 5. The number of hydrogen-bond acceptors (Lipinski definition) is 8. The zero-order chi connectivity index (χ0) is 34.7. The Labute approximate surface area is 277 Å². The second-order valence-electron chi connectivity index (χ2n) is 14.3. The van der Waals surface area contributed by atoms with Gasteiger partial charge in [-0.2, -0.15) is 0 Å². The number of nitrogens with one attached hydrogen (secondary N) is 4. The van der Waals surface area contributed by atoms with E-state index in [9.17, 15) is 24.0 Å². The maximum Gasteiger partial charge on any atom is 0.481 e. The molecule has 5 rings (SSSR count). The van der Waals surface area contributed by atoms with Crippen molar-refractivity contribution in [2.24, 2.45) is 28.9 Å². The fourth-order valence-corrected chi connectivity index (χ4v) is 7.37. The maximum absolute atomic E-state index is 13.6. The van der Waals surface area contributed by atoms with Gasteiger partial charge in [-0.05, 0) is 61.8 Å². The highest BCUT2D eigenvalue weighted by Gasteiger charge is 2.68. The molecule has 3 unspecified atom stereocenters. The van der Waals surface area contributed by atoms with Crippen LogP contribution in [0.1, 0.15) is 72.8 Å². The third kappa shape index (κ3) is 8.09. The molecule has 4 aliphatic rings. The van der Waals surface area contributed by atoms with Crippen LogP contribution in [-0.2, 0) is 39.6 Å². The average Bonchev–Trinajstić information content (AvgIpc) is 3.38. The van der Waals surface area contributed by atoms with Gasteiger partial charge in [0.15, 0.2) is 0 Å². The zero-order valence-corrected chi connectivity index (χ0v) is 28.5. The summed E-state index contributed by atoms with van der Waals surface area (Å²) in [5.41, 5.74) is 5.85. The minimum atomic E-state index is -1.06. The van der Waals surface area contributed by atoms with Gasteiger partial charge in [0.2, 0.25) is 23.6 Å². The largest absolute Gasteiger partial charge is 0.481 e. The SMILES string of the molecule is COC(=O)N[C@H](C(=O)N[C@@H](Cc1ccccc1)C(=O)N[C@@H](C)C(=O)NC(CCC(N)=O)B1O[C@@H]2CC3CC(C3(C)C)[C@]2(C)O1)C(C)C. The van der Waals surface area contributed by atoms with Crippen molar-refractivity contribution in [1.82, 2.24) is 21.3 Å². The molecular weight excluding hydrogens is 605 g/mol. The molecule has 6 N–H and O–H groups in total. The molecule has 3 saturated carbocycles. The highest BCUT2D eigenvalue weighted by atomic mass is 16.7. The van der Waals surface area contributed by atoms with E-state index in [1.807, 2.05) is 30.3 Å². The summed E-state index contributed by atoms with van der Waals surface area (Å²) in [5.74, 6) is -2.33. The normalized spacial score (nSPS) is 26.5. The van der Waals surface area contributed by atoms with Gasteiger partial charge in [0, 0.05) is 12.8 Å². The molecule has 1 saturated heterocycles. The van der Waals surface area contributed by atoms with Gasteiger partial charge in [0.05, 0.1) is 24.8 Å². The number of carbonyl (C=O) groups excluding carboxylic acids is 5. The first-order valence-electron chi connectivity index (χ1n) is 16.5. The Balaban J connectivity index is 1.45. The Morgan fingerprint density at radius 2 is 1.64 bits per heavy atom. The Bertz CT molecular complexity index is 1330. The number of benzene rings is 1. The zero-order valence-electron chi connectivity index (χ0n) is 28.5. The maximum atomic E-state index is 13.6. The lowest BCUT2D eigenvalue weighted by Crippen LogP contribution is -2.65. The number of primary amides is 1. The lowest BCUT2D eigenvalue weighted by Gasteiger charge is -2.64. The van der Waals surface area contributed by atoms with Crippen LogP contribution in [0, 0.1) is 23.2 Å². The van der Waals surface area contributed by atoms with Gasteiger partial charge < -0.3 is 41.0 Å². The molecule has 1 aromatic carbocycles. The van der Waals surface area contributed by atoms with E-state index >= 15 is 0 Å². The van der Waals surface area contributed by atoms with Crippen LogP contribution in [0.3, 0.4) is 0 Å². The summed E-state index contributed by atoms with van der Waals surface area (Å²) < 4.78 is 17.6. The summed E-state index contributed by atoms with van der Waals surface area (Å²) in [6.07, 6.45) is 1.37. The molecule has 3 aliphatic carbocycles. The Kier molecular flexibility index (Phi) is 11.3. The van der Waals surface area contributed by atoms with E-state index < -0.39 is 66.5 Å². The summed E-state index contributed by atoms with van der Waals surface area (Å²) in [7, 11) is 0.412. The number of alkyl carbamates (subject to hydrolysis) is 1. The minimum absolute atomic E-state index is 0.00957. The Hall–Kier alpha value is -3.65. The van der Waals surface area contributed by atoms with Gasteiger partial charge in [0.1, 0.15) is 18.1 Å². The molecule has 1 heterocycles. The topological polar surface area (TPSA) is 187 Å². The predicted molar refractivity (Wildman–Crippen MR) is 174 cm³/mol. The van der Waals surface area contributed by atoms with E-state index in [2.05, 4.69) is 46.8 Å². The van der Waals surface area contributed by atoms with Gasteiger partial charge in [-0.25, -0.2) is 4.79 Å². The van der Waals surface area contributed by atoms with Gasteiger partial charge in [-0.3, -0.25) is 19.2 Å². The molecule has 13 nitrogen and oxygen atoms in total. The molecule has 0 radical (unpaired) electrons. The van der Waals surface area contributed by atoms with E-state index in [0.717, 1.165) is 18.4 Å². The van der Waals surface area contributed by atoms with Crippen LogP contribution in [0.15, 0.2) is 30.3 Å². The molecule has 47 heavy (non-hydrogen) atoms. The molecule has 14 heteroatoms. The predicted octanol–water partition coefficient (Wildman–Crippen LogP) is 1.62. The monoisotopic (exact) mass is 655 g/mol. The van der Waals surface area contributed by atoms with Crippen molar-refractivity contribution >= 4 is 36.8 Å². The molecule has 2 bridgehead atoms. The molecule has 0 aromatic heterocycles.